The molecule has 0 atom stereocenters. The van der Waals surface area contributed by atoms with Crippen LogP contribution in [0, 0.1) is 0 Å². The lowest BCUT2D eigenvalue weighted by atomic mass is 9.93. The van der Waals surface area contributed by atoms with E-state index in [2.05, 4.69) is 36.4 Å². The molecule has 1 aromatic carbocycles. The Hall–Kier alpha value is -1.04. The molecule has 0 radical (unpaired) electrons. The number of benzene rings is 1. The maximum absolute atomic E-state index is 2.44. The van der Waals surface area contributed by atoms with Crippen molar-refractivity contribution in [3.05, 3.63) is 47.5 Å². The highest BCUT2D eigenvalue weighted by molar-refractivity contribution is 5.19. The van der Waals surface area contributed by atoms with E-state index in [9.17, 15) is 0 Å². The highest BCUT2D eigenvalue weighted by Crippen LogP contribution is 2.23. The van der Waals surface area contributed by atoms with Crippen molar-refractivity contribution in [3.63, 3.8) is 0 Å². The van der Waals surface area contributed by atoms with E-state index < -0.39 is 0 Å². The zero-order valence-corrected chi connectivity index (χ0v) is 8.71. The molecule has 0 saturated heterocycles. The van der Waals surface area contributed by atoms with Crippen LogP contribution >= 0.6 is 0 Å². The van der Waals surface area contributed by atoms with Crippen LogP contribution in [0.25, 0.3) is 0 Å². The average Bonchev–Trinajstić information content (AvgIpc) is 2.29. The molecule has 0 N–H and O–H groups in total. The molecule has 0 spiro atoms. The Kier molecular flexibility index (Phi) is 3.39. The van der Waals surface area contributed by atoms with Gasteiger partial charge in [-0.3, -0.25) is 0 Å². The first-order chi connectivity index (χ1) is 6.95. The highest BCUT2D eigenvalue weighted by atomic mass is 14.1. The van der Waals surface area contributed by atoms with Gasteiger partial charge in [-0.15, -0.1) is 0 Å². The zero-order valence-electron chi connectivity index (χ0n) is 8.71. The van der Waals surface area contributed by atoms with Crippen LogP contribution in [0.4, 0.5) is 0 Å². The van der Waals surface area contributed by atoms with Gasteiger partial charge in [-0.1, -0.05) is 48.4 Å². The van der Waals surface area contributed by atoms with E-state index in [1.165, 1.54) is 37.7 Å². The molecule has 1 aliphatic carbocycles. The first kappa shape index (κ1) is 9.51. The molecule has 0 heterocycles. The molecule has 0 amide bonds. The van der Waals surface area contributed by atoms with Crippen molar-refractivity contribution in [1.29, 1.82) is 0 Å². The fourth-order valence-corrected chi connectivity index (χ4v) is 2.09. The van der Waals surface area contributed by atoms with Gasteiger partial charge in [-0.05, 0) is 37.7 Å². The lowest BCUT2D eigenvalue weighted by molar-refractivity contribution is 0.597. The SMILES string of the molecule is C(Cc1ccccc1)=C1CCCCC1. The van der Waals surface area contributed by atoms with E-state index in [0.717, 1.165) is 6.42 Å². The van der Waals surface area contributed by atoms with Crippen molar-refractivity contribution in [2.75, 3.05) is 0 Å². The smallest absolute Gasteiger partial charge is 0.00948 e. The molecule has 1 fully saturated rings. The largest absolute Gasteiger partial charge is 0.0809 e. The Bertz CT molecular complexity index is 287. The molecule has 1 saturated carbocycles. The number of rotatable bonds is 2. The molecule has 0 aliphatic heterocycles. The maximum atomic E-state index is 2.44. The van der Waals surface area contributed by atoms with Crippen LogP contribution < -0.4 is 0 Å². The molecule has 0 nitrogen and oxygen atoms in total. The molecule has 1 aliphatic rings. The third-order valence-corrected chi connectivity index (χ3v) is 2.97. The topological polar surface area (TPSA) is 0 Å². The van der Waals surface area contributed by atoms with Gasteiger partial charge >= 0.3 is 0 Å². The van der Waals surface area contributed by atoms with E-state index in [1.807, 2.05) is 0 Å². The van der Waals surface area contributed by atoms with Crippen LogP contribution in [0.5, 0.6) is 0 Å². The minimum absolute atomic E-state index is 1.12. The number of allylic oxidation sites excluding steroid dienone is 2. The Morgan fingerprint density at radius 2 is 1.64 bits per heavy atom. The van der Waals surface area contributed by atoms with Crippen molar-refractivity contribution < 1.29 is 0 Å². The summed E-state index contributed by atoms with van der Waals surface area (Å²) in [7, 11) is 0. The van der Waals surface area contributed by atoms with Crippen molar-refractivity contribution in [1.82, 2.24) is 0 Å². The summed E-state index contributed by atoms with van der Waals surface area (Å²) in [5.41, 5.74) is 3.12. The molecule has 0 aromatic heterocycles. The van der Waals surface area contributed by atoms with Crippen LogP contribution in [0.1, 0.15) is 37.7 Å². The predicted octanol–water partition coefficient (Wildman–Crippen LogP) is 4.12. The fraction of sp³-hybridized carbons (Fsp3) is 0.429. The van der Waals surface area contributed by atoms with Gasteiger partial charge in [0, 0.05) is 0 Å². The number of hydrogen-bond acceptors (Lipinski definition) is 0. The summed E-state index contributed by atoms with van der Waals surface area (Å²) in [4.78, 5) is 0. The standard InChI is InChI=1S/C14H18/c1-3-7-13(8-4-1)11-12-14-9-5-2-6-10-14/h1,3-4,7-8,12H,2,5-6,9-11H2. The van der Waals surface area contributed by atoms with Crippen LogP contribution in [0.3, 0.4) is 0 Å². The third kappa shape index (κ3) is 2.73. The summed E-state index contributed by atoms with van der Waals surface area (Å²) in [6.07, 6.45) is 10.5. The van der Waals surface area contributed by atoms with Gasteiger partial charge in [-0.25, -0.2) is 0 Å². The monoisotopic (exact) mass is 186 g/mol. The van der Waals surface area contributed by atoms with Crippen molar-refractivity contribution >= 4 is 0 Å². The summed E-state index contributed by atoms with van der Waals surface area (Å²) in [6, 6.07) is 10.7. The maximum Gasteiger partial charge on any atom is -0.00948 e. The summed E-state index contributed by atoms with van der Waals surface area (Å²) in [6.45, 7) is 0. The van der Waals surface area contributed by atoms with Crippen molar-refractivity contribution in [2.45, 2.75) is 38.5 Å². The van der Waals surface area contributed by atoms with Gasteiger partial charge in [0.2, 0.25) is 0 Å². The fourth-order valence-electron chi connectivity index (χ4n) is 2.09. The van der Waals surface area contributed by atoms with E-state index in [0.29, 0.717) is 0 Å². The quantitative estimate of drug-likeness (QED) is 0.609. The molecular formula is C14H18. The van der Waals surface area contributed by atoms with Crippen molar-refractivity contribution in [3.8, 4) is 0 Å². The van der Waals surface area contributed by atoms with Gasteiger partial charge in [0.25, 0.3) is 0 Å². The second kappa shape index (κ2) is 4.99. The average molecular weight is 186 g/mol. The lowest BCUT2D eigenvalue weighted by Gasteiger charge is -2.13. The minimum Gasteiger partial charge on any atom is -0.0809 e. The zero-order chi connectivity index (χ0) is 9.64. The molecule has 74 valence electrons. The third-order valence-electron chi connectivity index (χ3n) is 2.97. The first-order valence-corrected chi connectivity index (χ1v) is 5.67. The summed E-state index contributed by atoms with van der Waals surface area (Å²) in [5.74, 6) is 0. The second-order valence-electron chi connectivity index (χ2n) is 4.11. The molecule has 2 rings (SSSR count). The normalized spacial score (nSPS) is 16.7. The van der Waals surface area contributed by atoms with E-state index >= 15 is 0 Å². The molecular weight excluding hydrogens is 168 g/mol. The highest BCUT2D eigenvalue weighted by Gasteiger charge is 2.03. The van der Waals surface area contributed by atoms with E-state index in [1.54, 1.807) is 5.57 Å². The van der Waals surface area contributed by atoms with Crippen LogP contribution in [0.2, 0.25) is 0 Å². The number of hydrogen-bond donors (Lipinski definition) is 0. The van der Waals surface area contributed by atoms with Gasteiger partial charge in [0.05, 0.1) is 0 Å². The van der Waals surface area contributed by atoms with Gasteiger partial charge < -0.3 is 0 Å². The summed E-state index contributed by atoms with van der Waals surface area (Å²) >= 11 is 0. The molecule has 0 heteroatoms. The van der Waals surface area contributed by atoms with Crippen LogP contribution in [-0.2, 0) is 6.42 Å². The summed E-state index contributed by atoms with van der Waals surface area (Å²) in [5, 5.41) is 0. The van der Waals surface area contributed by atoms with Crippen molar-refractivity contribution in [2.24, 2.45) is 0 Å². The summed E-state index contributed by atoms with van der Waals surface area (Å²) < 4.78 is 0. The van der Waals surface area contributed by atoms with Crippen LogP contribution in [0.15, 0.2) is 42.0 Å². The van der Waals surface area contributed by atoms with Gasteiger partial charge in [0.15, 0.2) is 0 Å². The Labute approximate surface area is 86.7 Å². The van der Waals surface area contributed by atoms with Gasteiger partial charge in [0.1, 0.15) is 0 Å². The van der Waals surface area contributed by atoms with E-state index in [-0.39, 0.29) is 0 Å². The molecule has 0 unspecified atom stereocenters. The molecule has 14 heavy (non-hydrogen) atoms. The van der Waals surface area contributed by atoms with Gasteiger partial charge in [-0.2, -0.15) is 0 Å². The Morgan fingerprint density at radius 1 is 0.929 bits per heavy atom. The predicted molar refractivity (Wildman–Crippen MR) is 61.3 cm³/mol. The Balaban J connectivity index is 1.92. The minimum atomic E-state index is 1.12. The Morgan fingerprint density at radius 3 is 2.36 bits per heavy atom. The lowest BCUT2D eigenvalue weighted by Crippen LogP contribution is -1.94. The molecule has 0 bridgehead atoms. The first-order valence-electron chi connectivity index (χ1n) is 5.67. The van der Waals surface area contributed by atoms with Crippen LogP contribution in [-0.4, -0.2) is 0 Å². The van der Waals surface area contributed by atoms with E-state index in [4.69, 9.17) is 0 Å². The second-order valence-corrected chi connectivity index (χ2v) is 4.11. The molecule has 1 aromatic rings.